The van der Waals surface area contributed by atoms with Crippen molar-refractivity contribution in [3.05, 3.63) is 106 Å². The monoisotopic (exact) mass is 571 g/mol. The van der Waals surface area contributed by atoms with E-state index >= 15 is 0 Å². The van der Waals surface area contributed by atoms with Crippen LogP contribution in [0.15, 0.2) is 78.0 Å². The summed E-state index contributed by atoms with van der Waals surface area (Å²) in [6, 6.07) is 17.4. The molecule has 0 aliphatic heterocycles. The number of pyridine rings is 1. The molecule has 0 unspecified atom stereocenters. The standard InChI is InChI=1S/C28H26ClN9O3/c1-2-19(35-25-23(29)24(30)33-15-34-25)26-36-21-10-6-9-20(22(21)28(40)38(26)18-7-4-3-5-8-18)32-14-17-12-11-16(13-31-17)27(39)37-41/h3-13,15,19,32,41H,2,14H2,1H3,(H,37,39)(H3,30,33,34,35)/t19-/m0/s1. The molecule has 0 bridgehead atoms. The Morgan fingerprint density at radius 2 is 1.88 bits per heavy atom. The Morgan fingerprint density at radius 3 is 2.59 bits per heavy atom. The highest BCUT2D eigenvalue weighted by Crippen LogP contribution is 2.30. The van der Waals surface area contributed by atoms with Crippen LogP contribution < -0.4 is 27.4 Å². The van der Waals surface area contributed by atoms with Crippen LogP contribution in [-0.4, -0.2) is 35.6 Å². The second kappa shape index (κ2) is 12.0. The molecule has 0 spiro atoms. The Kier molecular flexibility index (Phi) is 8.04. The fourth-order valence-corrected chi connectivity index (χ4v) is 4.52. The van der Waals surface area contributed by atoms with Gasteiger partial charge in [-0.25, -0.2) is 20.4 Å². The molecule has 5 rings (SSSR count). The summed E-state index contributed by atoms with van der Waals surface area (Å²) >= 11 is 6.36. The number of hydrogen-bond acceptors (Lipinski definition) is 10. The highest BCUT2D eigenvalue weighted by Gasteiger charge is 2.23. The Morgan fingerprint density at radius 1 is 1.07 bits per heavy atom. The quantitative estimate of drug-likeness (QED) is 0.128. The molecule has 5 aromatic rings. The minimum Gasteiger partial charge on any atom is -0.382 e. The number of halogens is 1. The zero-order valence-electron chi connectivity index (χ0n) is 21.9. The minimum absolute atomic E-state index is 0.141. The van der Waals surface area contributed by atoms with Crippen LogP contribution in [0.5, 0.6) is 0 Å². The van der Waals surface area contributed by atoms with Gasteiger partial charge in [-0.15, -0.1) is 0 Å². The predicted molar refractivity (Wildman–Crippen MR) is 156 cm³/mol. The number of para-hydroxylation sites is 1. The van der Waals surface area contributed by atoms with Crippen LogP contribution in [0.3, 0.4) is 0 Å². The molecule has 3 heterocycles. The molecule has 6 N–H and O–H groups in total. The van der Waals surface area contributed by atoms with Crippen molar-refractivity contribution in [3.8, 4) is 5.69 Å². The number of nitrogens with one attached hydrogen (secondary N) is 3. The SMILES string of the molecule is CC[C@H](Nc1ncnc(N)c1Cl)c1nc2cccc(NCc3ccc(C(=O)NO)cn3)c2c(=O)n1-c1ccccc1. The number of hydrogen-bond donors (Lipinski definition) is 5. The molecule has 0 saturated carbocycles. The Hall–Kier alpha value is -5.07. The van der Waals surface area contributed by atoms with E-state index in [1.807, 2.05) is 43.3 Å². The first kappa shape index (κ1) is 27.5. The Bertz CT molecular complexity index is 1760. The molecule has 12 nitrogen and oxygen atoms in total. The van der Waals surface area contributed by atoms with Gasteiger partial charge in [0.05, 0.1) is 40.4 Å². The number of anilines is 3. The molecule has 0 radical (unpaired) electrons. The van der Waals surface area contributed by atoms with Crippen LogP contribution in [0.1, 0.15) is 41.3 Å². The van der Waals surface area contributed by atoms with Gasteiger partial charge in [0.25, 0.3) is 11.5 Å². The first-order valence-corrected chi connectivity index (χ1v) is 13.1. The third kappa shape index (κ3) is 5.64. The number of nitrogen functional groups attached to an aromatic ring is 1. The van der Waals surface area contributed by atoms with E-state index in [0.29, 0.717) is 46.0 Å². The number of nitrogens with two attached hydrogens (primary N) is 1. The van der Waals surface area contributed by atoms with Gasteiger partial charge in [-0.1, -0.05) is 42.8 Å². The van der Waals surface area contributed by atoms with E-state index < -0.39 is 11.9 Å². The van der Waals surface area contributed by atoms with Gasteiger partial charge in [-0.2, -0.15) is 0 Å². The molecule has 13 heteroatoms. The number of amides is 1. The van der Waals surface area contributed by atoms with E-state index in [4.69, 9.17) is 27.5 Å². The van der Waals surface area contributed by atoms with Gasteiger partial charge in [0.15, 0.2) is 5.82 Å². The summed E-state index contributed by atoms with van der Waals surface area (Å²) in [5.74, 6) is 0.300. The van der Waals surface area contributed by atoms with Crippen molar-refractivity contribution in [2.75, 3.05) is 16.4 Å². The normalized spacial score (nSPS) is 11.7. The van der Waals surface area contributed by atoms with Crippen molar-refractivity contribution in [1.82, 2.24) is 30.0 Å². The van der Waals surface area contributed by atoms with Crippen LogP contribution in [0.25, 0.3) is 16.6 Å². The average Bonchev–Trinajstić information content (AvgIpc) is 3.00. The summed E-state index contributed by atoms with van der Waals surface area (Å²) in [6.45, 7) is 2.24. The van der Waals surface area contributed by atoms with Crippen molar-refractivity contribution in [2.45, 2.75) is 25.9 Å². The maximum Gasteiger partial charge on any atom is 0.276 e. The van der Waals surface area contributed by atoms with Crippen molar-refractivity contribution in [2.24, 2.45) is 0 Å². The van der Waals surface area contributed by atoms with Gasteiger partial charge in [0.2, 0.25) is 0 Å². The lowest BCUT2D eigenvalue weighted by Gasteiger charge is -2.23. The number of carbonyl (C=O) groups excluding carboxylic acids is 1. The van der Waals surface area contributed by atoms with E-state index in [2.05, 4.69) is 25.6 Å². The second-order valence-corrected chi connectivity index (χ2v) is 9.38. The molecule has 0 saturated heterocycles. The van der Waals surface area contributed by atoms with Crippen molar-refractivity contribution < 1.29 is 10.0 Å². The number of nitrogens with zero attached hydrogens (tertiary/aromatic N) is 5. The highest BCUT2D eigenvalue weighted by atomic mass is 35.5. The minimum atomic E-state index is -0.653. The Labute approximate surface area is 239 Å². The lowest BCUT2D eigenvalue weighted by molar-refractivity contribution is 0.0706. The number of aromatic nitrogens is 5. The maximum absolute atomic E-state index is 14.2. The summed E-state index contributed by atoms with van der Waals surface area (Å²) < 4.78 is 1.58. The zero-order chi connectivity index (χ0) is 28.9. The third-order valence-corrected chi connectivity index (χ3v) is 6.81. The van der Waals surface area contributed by atoms with Crippen LogP contribution >= 0.6 is 11.6 Å². The van der Waals surface area contributed by atoms with Crippen molar-refractivity contribution in [1.29, 1.82) is 0 Å². The van der Waals surface area contributed by atoms with E-state index in [0.717, 1.165) is 0 Å². The van der Waals surface area contributed by atoms with Crippen LogP contribution in [0.2, 0.25) is 5.02 Å². The van der Waals surface area contributed by atoms with E-state index in [1.54, 1.807) is 34.3 Å². The van der Waals surface area contributed by atoms with Gasteiger partial charge >= 0.3 is 0 Å². The largest absolute Gasteiger partial charge is 0.382 e. The van der Waals surface area contributed by atoms with E-state index in [9.17, 15) is 9.59 Å². The van der Waals surface area contributed by atoms with Gasteiger partial charge < -0.3 is 16.4 Å². The molecule has 2 aromatic carbocycles. The predicted octanol–water partition coefficient (Wildman–Crippen LogP) is 4.10. The van der Waals surface area contributed by atoms with Gasteiger partial charge in [0, 0.05) is 11.9 Å². The lowest BCUT2D eigenvalue weighted by atomic mass is 10.1. The third-order valence-electron chi connectivity index (χ3n) is 6.43. The number of fused-ring (bicyclic) bond motifs is 1. The summed E-state index contributed by atoms with van der Waals surface area (Å²) in [5.41, 5.74) is 9.74. The van der Waals surface area contributed by atoms with Crippen LogP contribution in [0.4, 0.5) is 17.3 Å². The number of hydroxylamine groups is 1. The average molecular weight is 572 g/mol. The van der Waals surface area contributed by atoms with Gasteiger partial charge in [-0.3, -0.25) is 24.3 Å². The second-order valence-electron chi connectivity index (χ2n) is 9.01. The summed E-state index contributed by atoms with van der Waals surface area (Å²) in [7, 11) is 0. The smallest absolute Gasteiger partial charge is 0.276 e. The summed E-state index contributed by atoms with van der Waals surface area (Å²) in [6.07, 6.45) is 3.23. The lowest BCUT2D eigenvalue weighted by Crippen LogP contribution is -2.29. The van der Waals surface area contributed by atoms with Gasteiger partial charge in [0.1, 0.15) is 23.0 Å². The fourth-order valence-electron chi connectivity index (χ4n) is 4.37. The molecular weight excluding hydrogens is 546 g/mol. The molecule has 1 atom stereocenters. The maximum atomic E-state index is 14.2. The van der Waals surface area contributed by atoms with Gasteiger partial charge in [-0.05, 0) is 42.8 Å². The van der Waals surface area contributed by atoms with E-state index in [-0.39, 0.29) is 28.5 Å². The summed E-state index contributed by atoms with van der Waals surface area (Å²) in [5, 5.41) is 15.9. The molecular formula is C28H26ClN9O3. The molecule has 3 aromatic heterocycles. The molecule has 41 heavy (non-hydrogen) atoms. The van der Waals surface area contributed by atoms with Crippen molar-refractivity contribution >= 4 is 45.7 Å². The molecule has 0 aliphatic carbocycles. The molecule has 1 amide bonds. The number of benzene rings is 2. The Balaban J connectivity index is 1.58. The first-order chi connectivity index (χ1) is 19.9. The molecule has 0 aliphatic rings. The molecule has 208 valence electrons. The number of carbonyl (C=O) groups is 1. The molecule has 0 fully saturated rings. The fraction of sp³-hybridized carbons (Fsp3) is 0.143. The first-order valence-electron chi connectivity index (χ1n) is 12.7. The van der Waals surface area contributed by atoms with Crippen molar-refractivity contribution in [3.63, 3.8) is 0 Å². The van der Waals surface area contributed by atoms with E-state index in [1.165, 1.54) is 12.5 Å². The number of rotatable bonds is 9. The summed E-state index contributed by atoms with van der Waals surface area (Å²) in [4.78, 5) is 43.2. The highest BCUT2D eigenvalue weighted by molar-refractivity contribution is 6.35. The zero-order valence-corrected chi connectivity index (χ0v) is 22.6. The van der Waals surface area contributed by atoms with Crippen LogP contribution in [0, 0.1) is 0 Å². The topological polar surface area (TPSA) is 173 Å². The van der Waals surface area contributed by atoms with Crippen LogP contribution in [-0.2, 0) is 6.54 Å².